The molecule has 4 rings (SSSR count). The van der Waals surface area contributed by atoms with Crippen molar-refractivity contribution in [1.29, 1.82) is 0 Å². The molecule has 5 nitrogen and oxygen atoms in total. The van der Waals surface area contributed by atoms with Crippen LogP contribution in [0.25, 0.3) is 5.57 Å². The predicted molar refractivity (Wildman–Crippen MR) is 118 cm³/mol. The molecular formula is C25H28N2O3. The lowest BCUT2D eigenvalue weighted by molar-refractivity contribution is -0.120. The van der Waals surface area contributed by atoms with Gasteiger partial charge < -0.3 is 9.64 Å². The van der Waals surface area contributed by atoms with Crippen LogP contribution in [0.15, 0.2) is 54.2 Å². The summed E-state index contributed by atoms with van der Waals surface area (Å²) in [5.41, 5.74) is 3.43. The van der Waals surface area contributed by atoms with E-state index in [0.717, 1.165) is 49.9 Å². The number of amides is 2. The number of imide groups is 1. The molecule has 2 aliphatic rings. The number of hydrogen-bond acceptors (Lipinski definition) is 4. The lowest BCUT2D eigenvalue weighted by atomic mass is 10.0. The summed E-state index contributed by atoms with van der Waals surface area (Å²) in [6.45, 7) is 6.17. The minimum Gasteiger partial charge on any atom is -0.491 e. The molecule has 2 heterocycles. The normalized spacial score (nSPS) is 17.1. The first kappa shape index (κ1) is 20.2. The second kappa shape index (κ2) is 8.74. The summed E-state index contributed by atoms with van der Waals surface area (Å²) in [5, 5.41) is 0. The largest absolute Gasteiger partial charge is 0.491 e. The molecule has 2 aliphatic heterocycles. The standard InChI is InChI=1S/C25H28N2O3/c1-3-17-30-21-10-6-5-9-20(21)27-24(28)22(19-13-11-18(2)12-14-19)23(25(27)29)26-15-7-4-8-16-26/h5-6,9-14H,3-4,7-8,15-17H2,1-2H3. The molecule has 0 saturated carbocycles. The van der Waals surface area contributed by atoms with Gasteiger partial charge in [-0.3, -0.25) is 9.59 Å². The zero-order chi connectivity index (χ0) is 21.1. The summed E-state index contributed by atoms with van der Waals surface area (Å²) >= 11 is 0. The monoisotopic (exact) mass is 404 g/mol. The zero-order valence-corrected chi connectivity index (χ0v) is 17.7. The number of carbonyl (C=O) groups excluding carboxylic acids is 2. The van der Waals surface area contributed by atoms with Crippen LogP contribution < -0.4 is 9.64 Å². The molecule has 0 unspecified atom stereocenters. The summed E-state index contributed by atoms with van der Waals surface area (Å²) in [6.07, 6.45) is 4.07. The third kappa shape index (κ3) is 3.72. The minimum atomic E-state index is -0.281. The van der Waals surface area contributed by atoms with E-state index in [0.29, 0.717) is 29.3 Å². The van der Waals surface area contributed by atoms with Gasteiger partial charge in [0, 0.05) is 13.1 Å². The van der Waals surface area contributed by atoms with Gasteiger partial charge >= 0.3 is 0 Å². The SMILES string of the molecule is CCCOc1ccccc1N1C(=O)C(c2ccc(C)cc2)=C(N2CCCCC2)C1=O. The molecule has 156 valence electrons. The van der Waals surface area contributed by atoms with Crippen LogP contribution in [0.3, 0.4) is 0 Å². The highest BCUT2D eigenvalue weighted by Crippen LogP contribution is 2.39. The molecule has 30 heavy (non-hydrogen) atoms. The molecule has 2 aromatic carbocycles. The van der Waals surface area contributed by atoms with Gasteiger partial charge in [-0.15, -0.1) is 0 Å². The third-order valence-corrected chi connectivity index (χ3v) is 5.64. The Morgan fingerprint density at radius 1 is 0.900 bits per heavy atom. The van der Waals surface area contributed by atoms with Gasteiger partial charge in [0.15, 0.2) is 0 Å². The Balaban J connectivity index is 1.80. The number of benzene rings is 2. The minimum absolute atomic E-state index is 0.259. The molecule has 0 aliphatic carbocycles. The molecule has 0 N–H and O–H groups in total. The van der Waals surface area contributed by atoms with Crippen LogP contribution in [-0.2, 0) is 9.59 Å². The Labute approximate surface area is 177 Å². The van der Waals surface area contributed by atoms with Crippen molar-refractivity contribution in [1.82, 2.24) is 4.90 Å². The second-order valence-corrected chi connectivity index (χ2v) is 7.90. The first-order valence-corrected chi connectivity index (χ1v) is 10.8. The van der Waals surface area contributed by atoms with Crippen molar-refractivity contribution in [3.05, 3.63) is 65.4 Å². The van der Waals surface area contributed by atoms with Crippen LogP contribution in [0.4, 0.5) is 5.69 Å². The molecule has 2 aromatic rings. The number of carbonyl (C=O) groups is 2. The smallest absolute Gasteiger partial charge is 0.282 e. The summed E-state index contributed by atoms with van der Waals surface area (Å²) in [4.78, 5) is 30.7. The summed E-state index contributed by atoms with van der Waals surface area (Å²) in [7, 11) is 0. The van der Waals surface area contributed by atoms with Gasteiger partial charge in [-0.25, -0.2) is 4.90 Å². The molecule has 0 spiro atoms. The maximum absolute atomic E-state index is 13.6. The van der Waals surface area contributed by atoms with Crippen LogP contribution >= 0.6 is 0 Å². The number of anilines is 1. The highest BCUT2D eigenvalue weighted by molar-refractivity contribution is 6.45. The molecule has 0 atom stereocenters. The van der Waals surface area contributed by atoms with Gasteiger partial charge in [0.1, 0.15) is 11.4 Å². The molecule has 0 bridgehead atoms. The highest BCUT2D eigenvalue weighted by atomic mass is 16.5. The van der Waals surface area contributed by atoms with Gasteiger partial charge in [-0.1, -0.05) is 48.9 Å². The molecule has 1 fully saturated rings. The fourth-order valence-electron chi connectivity index (χ4n) is 4.10. The number of ether oxygens (including phenoxy) is 1. The van der Waals surface area contributed by atoms with Crippen LogP contribution in [0.5, 0.6) is 5.75 Å². The van der Waals surface area contributed by atoms with Gasteiger partial charge in [0.2, 0.25) is 0 Å². The van der Waals surface area contributed by atoms with Crippen LogP contribution in [0.1, 0.15) is 43.7 Å². The van der Waals surface area contributed by atoms with E-state index in [2.05, 4.69) is 4.90 Å². The van der Waals surface area contributed by atoms with Crippen LogP contribution in [0, 0.1) is 6.92 Å². The van der Waals surface area contributed by atoms with Crippen LogP contribution in [-0.4, -0.2) is 36.4 Å². The van der Waals surface area contributed by atoms with Crippen molar-refractivity contribution in [3.8, 4) is 5.75 Å². The molecule has 5 heteroatoms. The number of piperidine rings is 1. The average molecular weight is 405 g/mol. The predicted octanol–water partition coefficient (Wildman–Crippen LogP) is 4.55. The fraction of sp³-hybridized carbons (Fsp3) is 0.360. The third-order valence-electron chi connectivity index (χ3n) is 5.64. The molecule has 1 saturated heterocycles. The van der Waals surface area contributed by atoms with E-state index in [9.17, 15) is 9.59 Å². The van der Waals surface area contributed by atoms with Crippen molar-refractivity contribution in [2.24, 2.45) is 0 Å². The fourth-order valence-corrected chi connectivity index (χ4v) is 4.10. The maximum Gasteiger partial charge on any atom is 0.282 e. The lowest BCUT2D eigenvalue weighted by Gasteiger charge is -2.29. The summed E-state index contributed by atoms with van der Waals surface area (Å²) in [6, 6.07) is 15.1. The topological polar surface area (TPSA) is 49.9 Å². The molecule has 2 amide bonds. The van der Waals surface area contributed by atoms with E-state index in [1.165, 1.54) is 4.90 Å². The maximum atomic E-state index is 13.6. The van der Waals surface area contributed by atoms with Gasteiger partial charge in [-0.2, -0.15) is 0 Å². The number of rotatable bonds is 6. The van der Waals surface area contributed by atoms with E-state index in [-0.39, 0.29) is 11.8 Å². The van der Waals surface area contributed by atoms with E-state index < -0.39 is 0 Å². The highest BCUT2D eigenvalue weighted by Gasteiger charge is 2.43. The molecule has 0 aromatic heterocycles. The van der Waals surface area contributed by atoms with Crippen molar-refractivity contribution in [2.75, 3.05) is 24.6 Å². The lowest BCUT2D eigenvalue weighted by Crippen LogP contribution is -2.37. The quantitative estimate of drug-likeness (QED) is 0.663. The number of para-hydroxylation sites is 2. The zero-order valence-electron chi connectivity index (χ0n) is 17.7. The van der Waals surface area contributed by atoms with E-state index in [1.807, 2.05) is 56.3 Å². The van der Waals surface area contributed by atoms with Gasteiger partial charge in [0.25, 0.3) is 11.8 Å². The molecular weight excluding hydrogens is 376 g/mol. The van der Waals surface area contributed by atoms with Crippen molar-refractivity contribution < 1.29 is 14.3 Å². The van der Waals surface area contributed by atoms with Crippen molar-refractivity contribution >= 4 is 23.1 Å². The number of aryl methyl sites for hydroxylation is 1. The van der Waals surface area contributed by atoms with E-state index in [4.69, 9.17) is 4.74 Å². The van der Waals surface area contributed by atoms with Crippen molar-refractivity contribution in [3.63, 3.8) is 0 Å². The average Bonchev–Trinajstić information content (AvgIpc) is 3.03. The van der Waals surface area contributed by atoms with Gasteiger partial charge in [-0.05, 0) is 50.3 Å². The van der Waals surface area contributed by atoms with Gasteiger partial charge in [0.05, 0.1) is 17.9 Å². The Morgan fingerprint density at radius 2 is 1.60 bits per heavy atom. The van der Waals surface area contributed by atoms with Crippen LogP contribution in [0.2, 0.25) is 0 Å². The number of hydrogen-bond donors (Lipinski definition) is 0. The Kier molecular flexibility index (Phi) is 5.88. The van der Waals surface area contributed by atoms with E-state index >= 15 is 0 Å². The Bertz CT molecular complexity index is 972. The van der Waals surface area contributed by atoms with Crippen molar-refractivity contribution in [2.45, 2.75) is 39.5 Å². The first-order chi connectivity index (χ1) is 14.6. The summed E-state index contributed by atoms with van der Waals surface area (Å²) < 4.78 is 5.85. The Morgan fingerprint density at radius 3 is 2.30 bits per heavy atom. The number of likely N-dealkylation sites (tertiary alicyclic amines) is 1. The van der Waals surface area contributed by atoms with E-state index in [1.54, 1.807) is 6.07 Å². The second-order valence-electron chi connectivity index (χ2n) is 7.90. The Hall–Kier alpha value is -3.08. The number of nitrogens with zero attached hydrogens (tertiary/aromatic N) is 2. The first-order valence-electron chi connectivity index (χ1n) is 10.8. The summed E-state index contributed by atoms with van der Waals surface area (Å²) in [5.74, 6) is 0.0196. The molecule has 0 radical (unpaired) electrons.